The van der Waals surface area contributed by atoms with Crippen LogP contribution in [0.2, 0.25) is 0 Å². The molecular weight excluding hydrogens is 235 g/mol. The summed E-state index contributed by atoms with van der Waals surface area (Å²) in [6, 6.07) is 5.87. The number of nitrogens with one attached hydrogen (secondary N) is 1. The Labute approximate surface area is 104 Å². The summed E-state index contributed by atoms with van der Waals surface area (Å²) in [5.74, 6) is -0.864. The maximum absolute atomic E-state index is 13.6. The Kier molecular flexibility index (Phi) is 2.54. The lowest BCUT2D eigenvalue weighted by molar-refractivity contribution is -0.119. The number of rotatable bonds is 1. The van der Waals surface area contributed by atoms with E-state index in [-0.39, 0.29) is 29.5 Å². The standard InChI is InChI=1S/C13H13FN2O2/c14-9-4-2-1-3-8(9)13(18)16-6-5-10-11(16)7-12(17)15-10/h1-4,10-11H,5-7H2,(H,15,17)/t10-,11+/m0/s1. The zero-order chi connectivity index (χ0) is 12.7. The summed E-state index contributed by atoms with van der Waals surface area (Å²) in [5.41, 5.74) is 0.0810. The Morgan fingerprint density at radius 2 is 2.17 bits per heavy atom. The zero-order valence-electron chi connectivity index (χ0n) is 9.73. The van der Waals surface area contributed by atoms with Gasteiger partial charge in [0.05, 0.1) is 17.6 Å². The van der Waals surface area contributed by atoms with E-state index in [9.17, 15) is 14.0 Å². The Morgan fingerprint density at radius 1 is 1.39 bits per heavy atom. The molecule has 94 valence electrons. The minimum absolute atomic E-state index is 0.0315. The van der Waals surface area contributed by atoms with Gasteiger partial charge in [-0.25, -0.2) is 4.39 Å². The molecule has 0 bridgehead atoms. The van der Waals surface area contributed by atoms with Gasteiger partial charge in [-0.1, -0.05) is 12.1 Å². The summed E-state index contributed by atoms with van der Waals surface area (Å²) in [4.78, 5) is 25.2. The van der Waals surface area contributed by atoms with Crippen LogP contribution >= 0.6 is 0 Å². The Morgan fingerprint density at radius 3 is 2.94 bits per heavy atom. The molecule has 0 aromatic heterocycles. The molecule has 0 spiro atoms. The van der Waals surface area contributed by atoms with Crippen molar-refractivity contribution in [2.45, 2.75) is 24.9 Å². The normalized spacial score (nSPS) is 26.1. The number of hydrogen-bond donors (Lipinski definition) is 1. The van der Waals surface area contributed by atoms with Crippen LogP contribution in [0.3, 0.4) is 0 Å². The van der Waals surface area contributed by atoms with Crippen LogP contribution in [0.4, 0.5) is 4.39 Å². The number of likely N-dealkylation sites (tertiary alicyclic amines) is 1. The summed E-state index contributed by atoms with van der Waals surface area (Å²) in [6.07, 6.45) is 1.07. The minimum Gasteiger partial charge on any atom is -0.351 e. The predicted octanol–water partition coefficient (Wildman–Crippen LogP) is 0.929. The van der Waals surface area contributed by atoms with E-state index in [1.807, 2.05) is 0 Å². The third-order valence-corrected chi connectivity index (χ3v) is 3.65. The number of nitrogens with zero attached hydrogens (tertiary/aromatic N) is 1. The van der Waals surface area contributed by atoms with Gasteiger partial charge in [0.1, 0.15) is 5.82 Å². The maximum Gasteiger partial charge on any atom is 0.257 e. The molecule has 2 saturated heterocycles. The van der Waals surface area contributed by atoms with Crippen molar-refractivity contribution in [2.24, 2.45) is 0 Å². The predicted molar refractivity (Wildman–Crippen MR) is 62.4 cm³/mol. The first-order chi connectivity index (χ1) is 8.66. The van der Waals surface area contributed by atoms with Crippen LogP contribution in [-0.2, 0) is 4.79 Å². The molecule has 5 heteroatoms. The van der Waals surface area contributed by atoms with E-state index < -0.39 is 5.82 Å². The molecule has 2 aliphatic heterocycles. The molecule has 18 heavy (non-hydrogen) atoms. The highest BCUT2D eigenvalue weighted by Gasteiger charge is 2.43. The van der Waals surface area contributed by atoms with Crippen LogP contribution in [0, 0.1) is 5.82 Å². The summed E-state index contributed by atoms with van der Waals surface area (Å²) in [7, 11) is 0. The van der Waals surface area contributed by atoms with E-state index in [1.54, 1.807) is 17.0 Å². The molecule has 2 atom stereocenters. The number of benzene rings is 1. The molecule has 2 heterocycles. The van der Waals surface area contributed by atoms with Crippen LogP contribution in [0.1, 0.15) is 23.2 Å². The van der Waals surface area contributed by atoms with Gasteiger partial charge < -0.3 is 10.2 Å². The molecule has 0 radical (unpaired) electrons. The van der Waals surface area contributed by atoms with Crippen LogP contribution in [0.5, 0.6) is 0 Å². The van der Waals surface area contributed by atoms with Crippen molar-refractivity contribution in [1.82, 2.24) is 10.2 Å². The van der Waals surface area contributed by atoms with Crippen LogP contribution < -0.4 is 5.32 Å². The average molecular weight is 248 g/mol. The smallest absolute Gasteiger partial charge is 0.257 e. The fraction of sp³-hybridized carbons (Fsp3) is 0.385. The zero-order valence-corrected chi connectivity index (χ0v) is 9.73. The van der Waals surface area contributed by atoms with E-state index in [0.717, 1.165) is 6.42 Å². The van der Waals surface area contributed by atoms with Gasteiger partial charge in [-0.2, -0.15) is 0 Å². The highest BCUT2D eigenvalue weighted by molar-refractivity contribution is 5.95. The van der Waals surface area contributed by atoms with Crippen LogP contribution in [0.25, 0.3) is 0 Å². The number of amides is 2. The van der Waals surface area contributed by atoms with Crippen molar-refractivity contribution >= 4 is 11.8 Å². The maximum atomic E-state index is 13.6. The van der Waals surface area contributed by atoms with Gasteiger partial charge in [0, 0.05) is 13.0 Å². The first-order valence-electron chi connectivity index (χ1n) is 6.01. The van der Waals surface area contributed by atoms with E-state index in [2.05, 4.69) is 5.32 Å². The number of halogens is 1. The lowest BCUT2D eigenvalue weighted by Gasteiger charge is -2.22. The second-order valence-electron chi connectivity index (χ2n) is 4.71. The summed E-state index contributed by atoms with van der Waals surface area (Å²) >= 11 is 0. The van der Waals surface area contributed by atoms with Crippen molar-refractivity contribution in [3.05, 3.63) is 35.6 Å². The van der Waals surface area contributed by atoms with Gasteiger partial charge in [0.15, 0.2) is 0 Å². The molecule has 0 aliphatic carbocycles. The van der Waals surface area contributed by atoms with E-state index >= 15 is 0 Å². The van der Waals surface area contributed by atoms with Crippen molar-refractivity contribution in [2.75, 3.05) is 6.54 Å². The first kappa shape index (κ1) is 11.2. The summed E-state index contributed by atoms with van der Waals surface area (Å²) < 4.78 is 13.6. The molecular formula is C13H13FN2O2. The molecule has 4 nitrogen and oxygen atoms in total. The lowest BCUT2D eigenvalue weighted by Crippen LogP contribution is -2.38. The van der Waals surface area contributed by atoms with Crippen LogP contribution in [0.15, 0.2) is 24.3 Å². The third kappa shape index (κ3) is 1.66. The third-order valence-electron chi connectivity index (χ3n) is 3.65. The Bertz CT molecular complexity index is 517. The van der Waals surface area contributed by atoms with Gasteiger partial charge in [0.2, 0.25) is 5.91 Å². The second kappa shape index (κ2) is 4.08. The van der Waals surface area contributed by atoms with E-state index in [1.165, 1.54) is 12.1 Å². The monoisotopic (exact) mass is 248 g/mol. The molecule has 0 saturated carbocycles. The molecule has 3 rings (SSSR count). The number of hydrogen-bond acceptors (Lipinski definition) is 2. The first-order valence-corrected chi connectivity index (χ1v) is 6.01. The van der Waals surface area contributed by atoms with Gasteiger partial charge >= 0.3 is 0 Å². The Balaban J connectivity index is 1.86. The van der Waals surface area contributed by atoms with Crippen molar-refractivity contribution < 1.29 is 14.0 Å². The number of fused-ring (bicyclic) bond motifs is 1. The van der Waals surface area contributed by atoms with Crippen molar-refractivity contribution in [1.29, 1.82) is 0 Å². The second-order valence-corrected chi connectivity index (χ2v) is 4.71. The Hall–Kier alpha value is -1.91. The fourth-order valence-corrected chi connectivity index (χ4v) is 2.77. The van der Waals surface area contributed by atoms with Crippen LogP contribution in [-0.4, -0.2) is 35.3 Å². The van der Waals surface area contributed by atoms with Gasteiger partial charge in [0.25, 0.3) is 5.91 Å². The molecule has 2 aliphatic rings. The van der Waals surface area contributed by atoms with Crippen molar-refractivity contribution in [3.63, 3.8) is 0 Å². The summed E-state index contributed by atoms with van der Waals surface area (Å²) in [6.45, 7) is 0.572. The SMILES string of the molecule is O=C1C[C@@H]2[C@H](CCN2C(=O)c2ccccc2F)N1. The molecule has 1 aromatic carbocycles. The molecule has 2 fully saturated rings. The highest BCUT2D eigenvalue weighted by atomic mass is 19.1. The highest BCUT2D eigenvalue weighted by Crippen LogP contribution is 2.27. The van der Waals surface area contributed by atoms with Gasteiger partial charge in [-0.15, -0.1) is 0 Å². The largest absolute Gasteiger partial charge is 0.351 e. The molecule has 2 amide bonds. The molecule has 1 N–H and O–H groups in total. The van der Waals surface area contributed by atoms with Gasteiger partial charge in [-0.3, -0.25) is 9.59 Å². The van der Waals surface area contributed by atoms with Crippen molar-refractivity contribution in [3.8, 4) is 0 Å². The van der Waals surface area contributed by atoms with E-state index in [0.29, 0.717) is 13.0 Å². The van der Waals surface area contributed by atoms with Gasteiger partial charge in [-0.05, 0) is 18.6 Å². The minimum atomic E-state index is -0.511. The fourth-order valence-electron chi connectivity index (χ4n) is 2.77. The molecule has 0 unspecified atom stereocenters. The van der Waals surface area contributed by atoms with E-state index in [4.69, 9.17) is 0 Å². The lowest BCUT2D eigenvalue weighted by atomic mass is 10.1. The topological polar surface area (TPSA) is 49.4 Å². The quantitative estimate of drug-likeness (QED) is 0.803. The number of carbonyl (C=O) groups excluding carboxylic acids is 2. The molecule has 1 aromatic rings. The number of carbonyl (C=O) groups is 2. The average Bonchev–Trinajstić information content (AvgIpc) is 2.87. The summed E-state index contributed by atoms with van der Waals surface area (Å²) in [5, 5.41) is 2.84.